The molecule has 2 unspecified atom stereocenters. The van der Waals surface area contributed by atoms with Gasteiger partial charge in [0.25, 0.3) is 0 Å². The fourth-order valence-electron chi connectivity index (χ4n) is 1.32. The molecular weight excluding hydrogens is 224 g/mol. The summed E-state index contributed by atoms with van der Waals surface area (Å²) in [7, 11) is 1.49. The number of carbonyl (C=O) groups is 3. The number of amides is 2. The van der Waals surface area contributed by atoms with Gasteiger partial charge >= 0.3 is 5.97 Å². The summed E-state index contributed by atoms with van der Waals surface area (Å²) in [6.07, 6.45) is 0. The third-order valence-electron chi connectivity index (χ3n) is 2.66. The molecule has 98 valence electrons. The van der Waals surface area contributed by atoms with E-state index in [1.165, 1.54) is 18.9 Å². The molecule has 2 atom stereocenters. The molecule has 0 saturated heterocycles. The SMILES string of the molecule is CCNC(=O)CN(C)C(=O)C(C)C(C)C(=O)O. The van der Waals surface area contributed by atoms with Crippen LogP contribution < -0.4 is 5.32 Å². The molecule has 0 aliphatic rings. The summed E-state index contributed by atoms with van der Waals surface area (Å²) in [5.41, 5.74) is 0. The number of carbonyl (C=O) groups excluding carboxylic acids is 2. The molecule has 0 aromatic heterocycles. The number of nitrogens with one attached hydrogen (secondary N) is 1. The third kappa shape index (κ3) is 4.84. The minimum atomic E-state index is -1.02. The minimum Gasteiger partial charge on any atom is -0.481 e. The van der Waals surface area contributed by atoms with E-state index in [1.54, 1.807) is 13.8 Å². The number of aliphatic carboxylic acids is 1. The average Bonchev–Trinajstić information content (AvgIpc) is 2.25. The molecule has 0 spiro atoms. The van der Waals surface area contributed by atoms with Crippen LogP contribution in [0.3, 0.4) is 0 Å². The highest BCUT2D eigenvalue weighted by molar-refractivity contribution is 5.88. The van der Waals surface area contributed by atoms with Crippen LogP contribution >= 0.6 is 0 Å². The van der Waals surface area contributed by atoms with Crippen molar-refractivity contribution in [3.05, 3.63) is 0 Å². The molecule has 0 aliphatic carbocycles. The highest BCUT2D eigenvalue weighted by Gasteiger charge is 2.28. The maximum Gasteiger partial charge on any atom is 0.307 e. The third-order valence-corrected chi connectivity index (χ3v) is 2.66. The minimum absolute atomic E-state index is 0.0522. The first-order valence-electron chi connectivity index (χ1n) is 5.55. The number of rotatable bonds is 6. The largest absolute Gasteiger partial charge is 0.481 e. The van der Waals surface area contributed by atoms with E-state index in [-0.39, 0.29) is 18.4 Å². The van der Waals surface area contributed by atoms with Crippen molar-refractivity contribution in [2.75, 3.05) is 20.1 Å². The van der Waals surface area contributed by atoms with Crippen LogP contribution in [0, 0.1) is 11.8 Å². The Morgan fingerprint density at radius 2 is 1.76 bits per heavy atom. The molecule has 0 bridgehead atoms. The van der Waals surface area contributed by atoms with Crippen molar-refractivity contribution in [1.82, 2.24) is 10.2 Å². The second-order valence-corrected chi connectivity index (χ2v) is 4.06. The van der Waals surface area contributed by atoms with Crippen molar-refractivity contribution in [1.29, 1.82) is 0 Å². The number of nitrogens with zero attached hydrogens (tertiary/aromatic N) is 1. The lowest BCUT2D eigenvalue weighted by molar-refractivity contribution is -0.149. The molecule has 2 N–H and O–H groups in total. The summed E-state index contributed by atoms with van der Waals surface area (Å²) in [6.45, 7) is 5.26. The van der Waals surface area contributed by atoms with Gasteiger partial charge in [-0.1, -0.05) is 13.8 Å². The van der Waals surface area contributed by atoms with Gasteiger partial charge in [0.05, 0.1) is 12.5 Å². The molecular formula is C11H20N2O4. The van der Waals surface area contributed by atoms with Crippen LogP contribution in [0.5, 0.6) is 0 Å². The van der Waals surface area contributed by atoms with Crippen LogP contribution in [0.25, 0.3) is 0 Å². The number of likely N-dealkylation sites (N-methyl/N-ethyl adjacent to an activating group) is 2. The molecule has 0 aromatic rings. The Morgan fingerprint density at radius 3 is 2.18 bits per heavy atom. The van der Waals surface area contributed by atoms with E-state index < -0.39 is 17.8 Å². The number of carboxylic acid groups (broad SMARTS) is 1. The van der Waals surface area contributed by atoms with Gasteiger partial charge in [0, 0.05) is 19.5 Å². The van der Waals surface area contributed by atoms with Crippen molar-refractivity contribution < 1.29 is 19.5 Å². The van der Waals surface area contributed by atoms with Crippen molar-refractivity contribution >= 4 is 17.8 Å². The normalized spacial score (nSPS) is 13.6. The van der Waals surface area contributed by atoms with Crippen molar-refractivity contribution in [3.8, 4) is 0 Å². The highest BCUT2D eigenvalue weighted by atomic mass is 16.4. The molecule has 6 nitrogen and oxygen atoms in total. The van der Waals surface area contributed by atoms with Gasteiger partial charge in [-0.25, -0.2) is 0 Å². The van der Waals surface area contributed by atoms with Crippen LogP contribution in [0.15, 0.2) is 0 Å². The standard InChI is InChI=1S/C11H20N2O4/c1-5-12-9(14)6-13(4)10(15)7(2)8(3)11(16)17/h7-8H,5-6H2,1-4H3,(H,12,14)(H,16,17). The monoisotopic (exact) mass is 244 g/mol. The van der Waals surface area contributed by atoms with Crippen molar-refractivity contribution in [3.63, 3.8) is 0 Å². The molecule has 0 aliphatic heterocycles. The van der Waals surface area contributed by atoms with Crippen LogP contribution in [-0.2, 0) is 14.4 Å². The van der Waals surface area contributed by atoms with Gasteiger partial charge < -0.3 is 15.3 Å². The Hall–Kier alpha value is -1.59. The van der Waals surface area contributed by atoms with E-state index in [0.717, 1.165) is 0 Å². The Kier molecular flexibility index (Phi) is 6.23. The first kappa shape index (κ1) is 15.4. The number of carboxylic acids is 1. The lowest BCUT2D eigenvalue weighted by atomic mass is 9.95. The van der Waals surface area contributed by atoms with Gasteiger partial charge in [-0.15, -0.1) is 0 Å². The molecule has 0 saturated carbocycles. The first-order valence-corrected chi connectivity index (χ1v) is 5.55. The Morgan fingerprint density at radius 1 is 1.24 bits per heavy atom. The number of hydrogen-bond acceptors (Lipinski definition) is 3. The van der Waals surface area contributed by atoms with Gasteiger partial charge in [0.2, 0.25) is 11.8 Å². The summed E-state index contributed by atoms with van der Waals surface area (Å²) in [5, 5.41) is 11.4. The highest BCUT2D eigenvalue weighted by Crippen LogP contribution is 2.13. The maximum absolute atomic E-state index is 11.8. The van der Waals surface area contributed by atoms with E-state index in [4.69, 9.17) is 5.11 Å². The predicted octanol–water partition coefficient (Wildman–Crippen LogP) is -0.0623. The quantitative estimate of drug-likeness (QED) is 0.685. The molecule has 0 rings (SSSR count). The molecule has 17 heavy (non-hydrogen) atoms. The zero-order valence-electron chi connectivity index (χ0n) is 10.7. The van der Waals surface area contributed by atoms with Gasteiger partial charge in [-0.2, -0.15) is 0 Å². The summed E-state index contributed by atoms with van der Waals surface area (Å²) >= 11 is 0. The Labute approximate surface area is 101 Å². The predicted molar refractivity (Wildman–Crippen MR) is 62.3 cm³/mol. The lowest BCUT2D eigenvalue weighted by Gasteiger charge is -2.22. The molecule has 0 aromatic carbocycles. The van der Waals surface area contributed by atoms with E-state index in [0.29, 0.717) is 6.54 Å². The zero-order chi connectivity index (χ0) is 13.6. The number of hydrogen-bond donors (Lipinski definition) is 2. The summed E-state index contributed by atoms with van der Waals surface area (Å²) in [6, 6.07) is 0. The summed E-state index contributed by atoms with van der Waals surface area (Å²) in [4.78, 5) is 35.1. The van der Waals surface area contributed by atoms with E-state index in [2.05, 4.69) is 5.32 Å². The molecule has 0 radical (unpaired) electrons. The second kappa shape index (κ2) is 6.88. The van der Waals surface area contributed by atoms with Gasteiger partial charge in [-0.05, 0) is 6.92 Å². The Balaban J connectivity index is 4.39. The van der Waals surface area contributed by atoms with E-state index in [1.807, 2.05) is 0 Å². The molecule has 6 heteroatoms. The smallest absolute Gasteiger partial charge is 0.307 e. The fraction of sp³-hybridized carbons (Fsp3) is 0.727. The average molecular weight is 244 g/mol. The lowest BCUT2D eigenvalue weighted by Crippen LogP contribution is -2.42. The van der Waals surface area contributed by atoms with Gasteiger partial charge in [0.15, 0.2) is 0 Å². The summed E-state index contributed by atoms with van der Waals surface area (Å²) < 4.78 is 0. The van der Waals surface area contributed by atoms with Gasteiger partial charge in [-0.3, -0.25) is 14.4 Å². The van der Waals surface area contributed by atoms with Crippen LogP contribution in [0.4, 0.5) is 0 Å². The fourth-order valence-corrected chi connectivity index (χ4v) is 1.32. The van der Waals surface area contributed by atoms with E-state index >= 15 is 0 Å². The van der Waals surface area contributed by atoms with Crippen molar-refractivity contribution in [2.24, 2.45) is 11.8 Å². The van der Waals surface area contributed by atoms with E-state index in [9.17, 15) is 14.4 Å². The molecule has 0 heterocycles. The van der Waals surface area contributed by atoms with Gasteiger partial charge in [0.1, 0.15) is 0 Å². The first-order chi connectivity index (χ1) is 7.81. The zero-order valence-corrected chi connectivity index (χ0v) is 10.7. The van der Waals surface area contributed by atoms with Crippen LogP contribution in [0.2, 0.25) is 0 Å². The second-order valence-electron chi connectivity index (χ2n) is 4.06. The molecule has 2 amide bonds. The maximum atomic E-state index is 11.8. The Bertz CT molecular complexity index is 304. The topological polar surface area (TPSA) is 86.7 Å². The molecule has 0 fully saturated rings. The summed E-state index contributed by atoms with van der Waals surface area (Å²) in [5.74, 6) is -3.02. The van der Waals surface area contributed by atoms with Crippen LogP contribution in [0.1, 0.15) is 20.8 Å². The van der Waals surface area contributed by atoms with Crippen molar-refractivity contribution in [2.45, 2.75) is 20.8 Å². The van der Waals surface area contributed by atoms with Crippen LogP contribution in [-0.4, -0.2) is 47.9 Å².